The summed E-state index contributed by atoms with van der Waals surface area (Å²) in [5.41, 5.74) is 6.76. The standard InChI is InChI=1S/C25H26FN3O/c1-17-18(2)29(15-19-6-5-7-22(14-19)30-4)25-23(17)12-13-27-24(25)16-28(3)21-10-8-20(26)9-11-21/h5-14H,15-16H2,1-4H3. The van der Waals surface area contributed by atoms with E-state index in [-0.39, 0.29) is 5.82 Å². The van der Waals surface area contributed by atoms with Crippen molar-refractivity contribution in [2.24, 2.45) is 0 Å². The van der Waals surface area contributed by atoms with E-state index < -0.39 is 0 Å². The lowest BCUT2D eigenvalue weighted by Gasteiger charge is -2.20. The van der Waals surface area contributed by atoms with E-state index in [1.165, 1.54) is 34.3 Å². The summed E-state index contributed by atoms with van der Waals surface area (Å²) in [7, 11) is 3.69. The first-order valence-corrected chi connectivity index (χ1v) is 10.0. The van der Waals surface area contributed by atoms with Crippen molar-refractivity contribution >= 4 is 16.6 Å². The minimum absolute atomic E-state index is 0.231. The van der Waals surface area contributed by atoms with E-state index >= 15 is 0 Å². The highest BCUT2D eigenvalue weighted by Gasteiger charge is 2.17. The van der Waals surface area contributed by atoms with Gasteiger partial charge in [-0.2, -0.15) is 0 Å². The van der Waals surface area contributed by atoms with Gasteiger partial charge in [-0.1, -0.05) is 12.1 Å². The van der Waals surface area contributed by atoms with Gasteiger partial charge in [-0.3, -0.25) is 4.98 Å². The molecule has 0 amide bonds. The smallest absolute Gasteiger partial charge is 0.123 e. The van der Waals surface area contributed by atoms with Crippen LogP contribution < -0.4 is 9.64 Å². The summed E-state index contributed by atoms with van der Waals surface area (Å²) in [6, 6.07) is 16.8. The number of ether oxygens (including phenoxy) is 1. The van der Waals surface area contributed by atoms with E-state index in [1.54, 1.807) is 19.2 Å². The van der Waals surface area contributed by atoms with Gasteiger partial charge in [0.15, 0.2) is 0 Å². The fourth-order valence-electron chi connectivity index (χ4n) is 3.94. The van der Waals surface area contributed by atoms with E-state index in [0.717, 1.165) is 29.2 Å². The summed E-state index contributed by atoms with van der Waals surface area (Å²) >= 11 is 0. The largest absolute Gasteiger partial charge is 0.497 e. The molecule has 0 radical (unpaired) electrons. The molecule has 2 heterocycles. The lowest BCUT2D eigenvalue weighted by molar-refractivity contribution is 0.414. The molecule has 4 rings (SSSR count). The number of nitrogens with zero attached hydrogens (tertiary/aromatic N) is 3. The Morgan fingerprint density at radius 1 is 1.07 bits per heavy atom. The number of anilines is 1. The molecule has 154 valence electrons. The van der Waals surface area contributed by atoms with Crippen LogP contribution in [0.3, 0.4) is 0 Å². The molecule has 0 aliphatic heterocycles. The topological polar surface area (TPSA) is 30.3 Å². The normalized spacial score (nSPS) is 11.1. The van der Waals surface area contributed by atoms with Gasteiger partial charge in [0.1, 0.15) is 11.6 Å². The average molecular weight is 404 g/mol. The summed E-state index contributed by atoms with van der Waals surface area (Å²) in [5.74, 6) is 0.624. The molecule has 0 spiro atoms. The summed E-state index contributed by atoms with van der Waals surface area (Å²) in [6.45, 7) is 5.69. The van der Waals surface area contributed by atoms with Crippen LogP contribution in [0.15, 0.2) is 60.8 Å². The maximum atomic E-state index is 13.3. The molecule has 2 aromatic heterocycles. The van der Waals surface area contributed by atoms with Crippen LogP contribution in [0.1, 0.15) is 22.5 Å². The Bertz CT molecular complexity index is 1180. The van der Waals surface area contributed by atoms with E-state index in [0.29, 0.717) is 6.54 Å². The maximum Gasteiger partial charge on any atom is 0.123 e. The number of hydrogen-bond acceptors (Lipinski definition) is 3. The predicted molar refractivity (Wildman–Crippen MR) is 120 cm³/mol. The highest BCUT2D eigenvalue weighted by molar-refractivity contribution is 5.87. The Hall–Kier alpha value is -3.34. The Labute approximate surface area is 176 Å². The van der Waals surface area contributed by atoms with Gasteiger partial charge >= 0.3 is 0 Å². The zero-order chi connectivity index (χ0) is 21.3. The van der Waals surface area contributed by atoms with Gasteiger partial charge in [-0.25, -0.2) is 4.39 Å². The SMILES string of the molecule is COc1cccc(Cn2c(C)c(C)c3ccnc(CN(C)c4ccc(F)cc4)c32)c1. The van der Waals surface area contributed by atoms with Gasteiger partial charge in [0, 0.05) is 36.6 Å². The number of fused-ring (bicyclic) bond motifs is 1. The van der Waals surface area contributed by atoms with Crippen molar-refractivity contribution in [2.45, 2.75) is 26.9 Å². The quantitative estimate of drug-likeness (QED) is 0.427. The number of aryl methyl sites for hydroxylation is 1. The van der Waals surface area contributed by atoms with E-state index in [4.69, 9.17) is 9.72 Å². The van der Waals surface area contributed by atoms with Crippen molar-refractivity contribution in [2.75, 3.05) is 19.1 Å². The molecule has 4 nitrogen and oxygen atoms in total. The number of aromatic nitrogens is 2. The molecular formula is C25H26FN3O. The fourth-order valence-corrected chi connectivity index (χ4v) is 3.94. The fraction of sp³-hybridized carbons (Fsp3) is 0.240. The van der Waals surface area contributed by atoms with Crippen molar-refractivity contribution in [1.29, 1.82) is 0 Å². The third-order valence-electron chi connectivity index (χ3n) is 5.75. The first-order valence-electron chi connectivity index (χ1n) is 10.0. The van der Waals surface area contributed by atoms with E-state index in [2.05, 4.69) is 41.5 Å². The van der Waals surface area contributed by atoms with Crippen LogP contribution >= 0.6 is 0 Å². The highest BCUT2D eigenvalue weighted by Crippen LogP contribution is 2.29. The number of hydrogen-bond donors (Lipinski definition) is 0. The first kappa shape index (κ1) is 20.0. The molecule has 30 heavy (non-hydrogen) atoms. The van der Waals surface area contributed by atoms with Gasteiger partial charge < -0.3 is 14.2 Å². The van der Waals surface area contributed by atoms with Gasteiger partial charge in [0.25, 0.3) is 0 Å². The predicted octanol–water partition coefficient (Wildman–Crippen LogP) is 5.49. The molecule has 2 aromatic carbocycles. The molecule has 0 atom stereocenters. The molecule has 0 bridgehead atoms. The van der Waals surface area contributed by atoms with Crippen molar-refractivity contribution < 1.29 is 9.13 Å². The summed E-state index contributed by atoms with van der Waals surface area (Å²) < 4.78 is 21.0. The van der Waals surface area contributed by atoms with Crippen molar-refractivity contribution in [3.05, 3.63) is 89.1 Å². The summed E-state index contributed by atoms with van der Waals surface area (Å²) in [6.07, 6.45) is 1.87. The Morgan fingerprint density at radius 3 is 2.57 bits per heavy atom. The van der Waals surface area contributed by atoms with Crippen LogP contribution in [-0.4, -0.2) is 23.7 Å². The second kappa shape index (κ2) is 8.19. The highest BCUT2D eigenvalue weighted by atomic mass is 19.1. The number of halogens is 1. The van der Waals surface area contributed by atoms with Crippen LogP contribution in [0.25, 0.3) is 10.9 Å². The van der Waals surface area contributed by atoms with E-state index in [1.807, 2.05) is 25.4 Å². The zero-order valence-corrected chi connectivity index (χ0v) is 17.8. The summed E-state index contributed by atoms with van der Waals surface area (Å²) in [4.78, 5) is 6.81. The van der Waals surface area contributed by atoms with Crippen LogP contribution in [0.2, 0.25) is 0 Å². The Kier molecular flexibility index (Phi) is 5.44. The second-order valence-electron chi connectivity index (χ2n) is 7.63. The van der Waals surface area contributed by atoms with Crippen LogP contribution in [0, 0.1) is 19.7 Å². The third kappa shape index (κ3) is 3.75. The molecule has 0 aliphatic carbocycles. The van der Waals surface area contributed by atoms with Crippen molar-refractivity contribution in [3.63, 3.8) is 0 Å². The molecule has 0 unspecified atom stereocenters. The van der Waals surface area contributed by atoms with Gasteiger partial charge in [-0.15, -0.1) is 0 Å². The number of methoxy groups -OCH3 is 1. The van der Waals surface area contributed by atoms with Gasteiger partial charge in [-0.05, 0) is 67.4 Å². The first-order chi connectivity index (χ1) is 14.5. The maximum absolute atomic E-state index is 13.3. The minimum Gasteiger partial charge on any atom is -0.497 e. The number of benzene rings is 2. The monoisotopic (exact) mass is 403 g/mol. The van der Waals surface area contributed by atoms with Crippen molar-refractivity contribution in [3.8, 4) is 5.75 Å². The number of rotatable bonds is 6. The van der Waals surface area contributed by atoms with Crippen LogP contribution in [-0.2, 0) is 13.1 Å². The van der Waals surface area contributed by atoms with E-state index in [9.17, 15) is 4.39 Å². The molecule has 0 saturated carbocycles. The van der Waals surface area contributed by atoms with Gasteiger partial charge in [0.05, 0.1) is 24.9 Å². The van der Waals surface area contributed by atoms with Crippen molar-refractivity contribution in [1.82, 2.24) is 9.55 Å². The molecule has 5 heteroatoms. The Morgan fingerprint density at radius 2 is 1.83 bits per heavy atom. The third-order valence-corrected chi connectivity index (χ3v) is 5.75. The van der Waals surface area contributed by atoms with Gasteiger partial charge in [0.2, 0.25) is 0 Å². The molecule has 0 saturated heterocycles. The number of pyridine rings is 1. The lowest BCUT2D eigenvalue weighted by Crippen LogP contribution is -2.18. The average Bonchev–Trinajstić information content (AvgIpc) is 3.00. The molecule has 4 aromatic rings. The van der Waals surface area contributed by atoms with Crippen LogP contribution in [0.5, 0.6) is 5.75 Å². The minimum atomic E-state index is -0.231. The summed E-state index contributed by atoms with van der Waals surface area (Å²) in [5, 5.41) is 1.22. The molecule has 0 aliphatic rings. The second-order valence-corrected chi connectivity index (χ2v) is 7.63. The molecular weight excluding hydrogens is 377 g/mol. The Balaban J connectivity index is 1.75. The molecule has 0 N–H and O–H groups in total. The zero-order valence-electron chi connectivity index (χ0n) is 17.8. The molecule has 0 fully saturated rings. The van der Waals surface area contributed by atoms with Crippen LogP contribution in [0.4, 0.5) is 10.1 Å². The lowest BCUT2D eigenvalue weighted by atomic mass is 10.1.